The maximum atomic E-state index is 12.4. The monoisotopic (exact) mass is 384 g/mol. The smallest absolute Gasteiger partial charge is 0.238 e. The molecular weight excluding hydrogens is 356 g/mol. The second-order valence-corrected chi connectivity index (χ2v) is 8.45. The minimum atomic E-state index is 0.0793. The summed E-state index contributed by atoms with van der Waals surface area (Å²) >= 11 is 1.82. The van der Waals surface area contributed by atoms with Crippen LogP contribution in [0.5, 0.6) is 0 Å². The van der Waals surface area contributed by atoms with Gasteiger partial charge in [-0.05, 0) is 48.6 Å². The summed E-state index contributed by atoms with van der Waals surface area (Å²) in [4.78, 5) is 20.9. The van der Waals surface area contributed by atoms with Crippen molar-refractivity contribution in [3.63, 3.8) is 0 Å². The zero-order chi connectivity index (χ0) is 18.5. The van der Waals surface area contributed by atoms with Crippen molar-refractivity contribution in [2.75, 3.05) is 56.0 Å². The number of carbonyl (C=O) groups is 1. The standard InChI is InChI=1S/C21H28N4OS/c26-21(22-18-5-7-19(8-6-18)25-9-1-2-10-25)17-24-13-11-23(12-14-24)16-20-4-3-15-27-20/h3-8,15H,1-2,9-14,16-17H2,(H,22,26). The number of piperazine rings is 1. The van der Waals surface area contributed by atoms with Crippen molar-refractivity contribution < 1.29 is 4.79 Å². The lowest BCUT2D eigenvalue weighted by Gasteiger charge is -2.34. The zero-order valence-corrected chi connectivity index (χ0v) is 16.6. The SMILES string of the molecule is O=C(CN1CCN(Cc2cccs2)CC1)Nc1ccc(N2CCCC2)cc1. The number of anilines is 2. The summed E-state index contributed by atoms with van der Waals surface area (Å²) in [6, 6.07) is 12.6. The second-order valence-electron chi connectivity index (χ2n) is 7.42. The largest absolute Gasteiger partial charge is 0.372 e. The Morgan fingerprint density at radius 1 is 0.926 bits per heavy atom. The van der Waals surface area contributed by atoms with Crippen LogP contribution in [0.15, 0.2) is 41.8 Å². The van der Waals surface area contributed by atoms with Gasteiger partial charge in [-0.15, -0.1) is 11.3 Å². The van der Waals surface area contributed by atoms with Crippen LogP contribution in [-0.4, -0.2) is 61.5 Å². The van der Waals surface area contributed by atoms with Gasteiger partial charge in [-0.3, -0.25) is 14.6 Å². The normalized spacial score (nSPS) is 18.7. The van der Waals surface area contributed by atoms with E-state index in [1.54, 1.807) is 0 Å². The third kappa shape index (κ3) is 5.09. The summed E-state index contributed by atoms with van der Waals surface area (Å²) in [5, 5.41) is 5.18. The molecule has 144 valence electrons. The van der Waals surface area contributed by atoms with E-state index < -0.39 is 0 Å². The number of carbonyl (C=O) groups excluding carboxylic acids is 1. The lowest BCUT2D eigenvalue weighted by molar-refractivity contribution is -0.117. The topological polar surface area (TPSA) is 38.8 Å². The van der Waals surface area contributed by atoms with Gasteiger partial charge in [-0.2, -0.15) is 0 Å². The van der Waals surface area contributed by atoms with Crippen LogP contribution in [0.25, 0.3) is 0 Å². The van der Waals surface area contributed by atoms with Crippen molar-refractivity contribution >= 4 is 28.6 Å². The van der Waals surface area contributed by atoms with Gasteiger partial charge in [0, 0.05) is 62.1 Å². The first-order chi connectivity index (χ1) is 13.3. The van der Waals surface area contributed by atoms with E-state index >= 15 is 0 Å². The van der Waals surface area contributed by atoms with Crippen LogP contribution in [0.2, 0.25) is 0 Å². The molecule has 1 aromatic heterocycles. The summed E-state index contributed by atoms with van der Waals surface area (Å²) in [5.74, 6) is 0.0793. The Kier molecular flexibility index (Phi) is 6.07. The molecule has 2 aliphatic rings. The van der Waals surface area contributed by atoms with Crippen molar-refractivity contribution in [1.82, 2.24) is 9.80 Å². The highest BCUT2D eigenvalue weighted by atomic mass is 32.1. The molecule has 5 nitrogen and oxygen atoms in total. The summed E-state index contributed by atoms with van der Waals surface area (Å²) in [7, 11) is 0. The van der Waals surface area contributed by atoms with E-state index in [1.165, 1.54) is 23.4 Å². The van der Waals surface area contributed by atoms with E-state index in [0.29, 0.717) is 6.54 Å². The van der Waals surface area contributed by atoms with Gasteiger partial charge in [-0.25, -0.2) is 0 Å². The molecular formula is C21H28N4OS. The quantitative estimate of drug-likeness (QED) is 0.831. The molecule has 6 heteroatoms. The predicted octanol–water partition coefficient (Wildman–Crippen LogP) is 3.10. The molecule has 27 heavy (non-hydrogen) atoms. The first-order valence-corrected chi connectivity index (χ1v) is 10.8. The molecule has 0 aliphatic carbocycles. The number of nitrogens with one attached hydrogen (secondary N) is 1. The fourth-order valence-corrected chi connectivity index (χ4v) is 4.61. The Bertz CT molecular complexity index is 717. The summed E-state index contributed by atoms with van der Waals surface area (Å²) in [6.45, 7) is 7.74. The average molecular weight is 385 g/mol. The van der Waals surface area contributed by atoms with Crippen LogP contribution in [-0.2, 0) is 11.3 Å². The highest BCUT2D eigenvalue weighted by molar-refractivity contribution is 7.09. The maximum absolute atomic E-state index is 12.4. The third-order valence-electron chi connectivity index (χ3n) is 5.41. The highest BCUT2D eigenvalue weighted by Gasteiger charge is 2.19. The molecule has 0 bridgehead atoms. The predicted molar refractivity (Wildman–Crippen MR) is 113 cm³/mol. The second kappa shape index (κ2) is 8.87. The minimum Gasteiger partial charge on any atom is -0.372 e. The molecule has 0 saturated carbocycles. The Morgan fingerprint density at radius 3 is 2.30 bits per heavy atom. The summed E-state index contributed by atoms with van der Waals surface area (Å²) in [5.41, 5.74) is 2.15. The van der Waals surface area contributed by atoms with E-state index in [-0.39, 0.29) is 5.91 Å². The van der Waals surface area contributed by atoms with Crippen LogP contribution >= 0.6 is 11.3 Å². The Labute approximate surface area is 165 Å². The van der Waals surface area contributed by atoms with Crippen LogP contribution in [0.3, 0.4) is 0 Å². The molecule has 1 N–H and O–H groups in total. The molecule has 1 amide bonds. The number of amides is 1. The van der Waals surface area contributed by atoms with Gasteiger partial charge in [0.25, 0.3) is 0 Å². The van der Waals surface area contributed by atoms with E-state index in [1.807, 2.05) is 23.5 Å². The summed E-state index contributed by atoms with van der Waals surface area (Å²) in [6.07, 6.45) is 2.55. The van der Waals surface area contributed by atoms with Gasteiger partial charge in [0.05, 0.1) is 6.54 Å². The van der Waals surface area contributed by atoms with E-state index in [0.717, 1.165) is 51.5 Å². The molecule has 4 rings (SSSR count). The van der Waals surface area contributed by atoms with Gasteiger partial charge < -0.3 is 10.2 Å². The van der Waals surface area contributed by atoms with Crippen LogP contribution < -0.4 is 10.2 Å². The van der Waals surface area contributed by atoms with Crippen LogP contribution in [0.1, 0.15) is 17.7 Å². The van der Waals surface area contributed by atoms with Crippen LogP contribution in [0.4, 0.5) is 11.4 Å². The van der Waals surface area contributed by atoms with Crippen LogP contribution in [0, 0.1) is 0 Å². The van der Waals surface area contributed by atoms with Crippen molar-refractivity contribution in [1.29, 1.82) is 0 Å². The number of benzene rings is 1. The van der Waals surface area contributed by atoms with Gasteiger partial charge in [0.2, 0.25) is 5.91 Å². The lowest BCUT2D eigenvalue weighted by Crippen LogP contribution is -2.48. The van der Waals surface area contributed by atoms with E-state index in [2.05, 4.69) is 49.7 Å². The minimum absolute atomic E-state index is 0.0793. The fraction of sp³-hybridized carbons (Fsp3) is 0.476. The molecule has 2 aliphatic heterocycles. The highest BCUT2D eigenvalue weighted by Crippen LogP contribution is 2.22. The third-order valence-corrected chi connectivity index (χ3v) is 6.28. The first kappa shape index (κ1) is 18.5. The molecule has 0 radical (unpaired) electrons. The Balaban J connectivity index is 1.20. The fourth-order valence-electron chi connectivity index (χ4n) is 3.86. The molecule has 2 aromatic rings. The van der Waals surface area contributed by atoms with Crippen molar-refractivity contribution in [3.8, 4) is 0 Å². The first-order valence-electron chi connectivity index (χ1n) is 9.88. The van der Waals surface area contributed by atoms with Crippen molar-refractivity contribution in [2.24, 2.45) is 0 Å². The van der Waals surface area contributed by atoms with Crippen molar-refractivity contribution in [3.05, 3.63) is 46.7 Å². The number of thiophene rings is 1. The molecule has 0 atom stereocenters. The molecule has 0 spiro atoms. The summed E-state index contributed by atoms with van der Waals surface area (Å²) < 4.78 is 0. The number of rotatable bonds is 6. The lowest BCUT2D eigenvalue weighted by atomic mass is 10.2. The van der Waals surface area contributed by atoms with Crippen molar-refractivity contribution in [2.45, 2.75) is 19.4 Å². The Morgan fingerprint density at radius 2 is 1.63 bits per heavy atom. The zero-order valence-electron chi connectivity index (χ0n) is 15.8. The number of nitrogens with zero attached hydrogens (tertiary/aromatic N) is 3. The van der Waals surface area contributed by atoms with E-state index in [9.17, 15) is 4.79 Å². The number of hydrogen-bond donors (Lipinski definition) is 1. The molecule has 2 fully saturated rings. The van der Waals surface area contributed by atoms with Gasteiger partial charge in [0.15, 0.2) is 0 Å². The van der Waals surface area contributed by atoms with E-state index in [4.69, 9.17) is 0 Å². The molecule has 0 unspecified atom stereocenters. The average Bonchev–Trinajstić information content (AvgIpc) is 3.38. The van der Waals surface area contributed by atoms with Gasteiger partial charge in [0.1, 0.15) is 0 Å². The maximum Gasteiger partial charge on any atom is 0.238 e. The Hall–Kier alpha value is -1.89. The van der Waals surface area contributed by atoms with Gasteiger partial charge >= 0.3 is 0 Å². The van der Waals surface area contributed by atoms with Gasteiger partial charge in [-0.1, -0.05) is 6.07 Å². The molecule has 2 saturated heterocycles. The molecule has 1 aromatic carbocycles. The number of hydrogen-bond acceptors (Lipinski definition) is 5. The molecule has 3 heterocycles.